The van der Waals surface area contributed by atoms with E-state index in [0.29, 0.717) is 12.1 Å². The molecule has 2 nitrogen and oxygen atoms in total. The predicted octanol–water partition coefficient (Wildman–Crippen LogP) is 1.02. The van der Waals surface area contributed by atoms with Crippen LogP contribution in [0.4, 0.5) is 0 Å². The molecular weight excluding hydrogens is 126 g/mol. The highest BCUT2D eigenvalue weighted by molar-refractivity contribution is 4.81. The van der Waals surface area contributed by atoms with Gasteiger partial charge in [0, 0.05) is 19.7 Å². The third kappa shape index (κ3) is 1.70. The van der Waals surface area contributed by atoms with Gasteiger partial charge in [-0.25, -0.2) is 0 Å². The van der Waals surface area contributed by atoms with Gasteiger partial charge in [0.25, 0.3) is 0 Å². The first-order valence-electron chi connectivity index (χ1n) is 4.00. The van der Waals surface area contributed by atoms with Crippen LogP contribution in [0.5, 0.6) is 0 Å². The maximum Gasteiger partial charge on any atom is 0.0584 e. The van der Waals surface area contributed by atoms with Crippen molar-refractivity contribution in [3.05, 3.63) is 0 Å². The van der Waals surface area contributed by atoms with Gasteiger partial charge in [-0.2, -0.15) is 0 Å². The summed E-state index contributed by atoms with van der Waals surface area (Å²) < 4.78 is 5.24. The third-order valence-electron chi connectivity index (χ3n) is 2.42. The molecule has 0 bridgehead atoms. The van der Waals surface area contributed by atoms with Gasteiger partial charge >= 0.3 is 0 Å². The lowest BCUT2D eigenvalue weighted by molar-refractivity contribution is 0.0735. The fourth-order valence-electron chi connectivity index (χ4n) is 1.52. The molecule has 1 aliphatic rings. The van der Waals surface area contributed by atoms with Gasteiger partial charge in [-0.3, -0.25) is 0 Å². The molecule has 3 unspecified atom stereocenters. The van der Waals surface area contributed by atoms with Gasteiger partial charge in [-0.15, -0.1) is 0 Å². The van der Waals surface area contributed by atoms with E-state index in [1.807, 2.05) is 0 Å². The monoisotopic (exact) mass is 143 g/mol. The molecule has 1 aliphatic heterocycles. The number of ether oxygens (including phenoxy) is 1. The van der Waals surface area contributed by atoms with E-state index in [0.717, 1.165) is 12.5 Å². The maximum absolute atomic E-state index is 5.24. The molecule has 60 valence electrons. The second-order valence-corrected chi connectivity index (χ2v) is 3.25. The van der Waals surface area contributed by atoms with Crippen LogP contribution < -0.4 is 5.32 Å². The van der Waals surface area contributed by atoms with Crippen molar-refractivity contribution >= 4 is 0 Å². The van der Waals surface area contributed by atoms with Gasteiger partial charge in [0.05, 0.1) is 6.10 Å². The minimum Gasteiger partial charge on any atom is -0.381 e. The fourth-order valence-corrected chi connectivity index (χ4v) is 1.52. The Kier molecular flexibility index (Phi) is 2.69. The minimum absolute atomic E-state index is 0.414. The number of rotatable bonds is 2. The zero-order valence-electron chi connectivity index (χ0n) is 7.05. The number of hydrogen-bond acceptors (Lipinski definition) is 2. The van der Waals surface area contributed by atoms with E-state index >= 15 is 0 Å². The van der Waals surface area contributed by atoms with Crippen LogP contribution in [0.25, 0.3) is 0 Å². The Morgan fingerprint density at radius 1 is 1.60 bits per heavy atom. The van der Waals surface area contributed by atoms with E-state index in [-0.39, 0.29) is 0 Å². The van der Waals surface area contributed by atoms with Gasteiger partial charge in [0.15, 0.2) is 0 Å². The molecular formula is C8H17NO. The first kappa shape index (κ1) is 8.02. The Labute approximate surface area is 63.0 Å². The second-order valence-electron chi connectivity index (χ2n) is 3.25. The Morgan fingerprint density at radius 3 is 2.70 bits per heavy atom. The van der Waals surface area contributed by atoms with E-state index in [9.17, 15) is 0 Å². The van der Waals surface area contributed by atoms with E-state index in [2.05, 4.69) is 19.2 Å². The van der Waals surface area contributed by atoms with Crippen LogP contribution in [-0.4, -0.2) is 25.8 Å². The maximum atomic E-state index is 5.24. The fraction of sp³-hybridized carbons (Fsp3) is 1.00. The first-order valence-corrected chi connectivity index (χ1v) is 4.00. The van der Waals surface area contributed by atoms with Crippen LogP contribution in [0.15, 0.2) is 0 Å². The van der Waals surface area contributed by atoms with Gasteiger partial charge < -0.3 is 10.1 Å². The molecule has 1 N–H and O–H groups in total. The van der Waals surface area contributed by atoms with Crippen LogP contribution in [0.1, 0.15) is 20.3 Å². The molecule has 3 atom stereocenters. The van der Waals surface area contributed by atoms with Crippen LogP contribution in [0.2, 0.25) is 0 Å². The lowest BCUT2D eigenvalue weighted by Crippen LogP contribution is -2.21. The highest BCUT2D eigenvalue weighted by Crippen LogP contribution is 2.18. The van der Waals surface area contributed by atoms with Gasteiger partial charge in [-0.1, -0.05) is 0 Å². The molecule has 1 heterocycles. The SMILES string of the molecule is COC(C)C1CNC(C)C1. The molecule has 0 aromatic rings. The predicted molar refractivity (Wildman–Crippen MR) is 42.0 cm³/mol. The molecule has 0 aliphatic carbocycles. The van der Waals surface area contributed by atoms with Crippen LogP contribution in [-0.2, 0) is 4.74 Å². The Hall–Kier alpha value is -0.0800. The smallest absolute Gasteiger partial charge is 0.0584 e. The summed E-state index contributed by atoms with van der Waals surface area (Å²) >= 11 is 0. The molecule has 0 radical (unpaired) electrons. The topological polar surface area (TPSA) is 21.3 Å². The van der Waals surface area contributed by atoms with Crippen molar-refractivity contribution in [2.75, 3.05) is 13.7 Å². The van der Waals surface area contributed by atoms with Crippen molar-refractivity contribution in [1.29, 1.82) is 0 Å². The van der Waals surface area contributed by atoms with Gasteiger partial charge in [0.2, 0.25) is 0 Å². The molecule has 0 spiro atoms. The van der Waals surface area contributed by atoms with Gasteiger partial charge in [0.1, 0.15) is 0 Å². The molecule has 0 saturated carbocycles. The summed E-state index contributed by atoms with van der Waals surface area (Å²) in [4.78, 5) is 0. The summed E-state index contributed by atoms with van der Waals surface area (Å²) in [7, 11) is 1.79. The first-order chi connectivity index (χ1) is 4.74. The molecule has 1 saturated heterocycles. The van der Waals surface area contributed by atoms with Crippen LogP contribution >= 0.6 is 0 Å². The summed E-state index contributed by atoms with van der Waals surface area (Å²) in [6.45, 7) is 5.49. The average molecular weight is 143 g/mol. The van der Waals surface area contributed by atoms with E-state index < -0.39 is 0 Å². The highest BCUT2D eigenvalue weighted by Gasteiger charge is 2.25. The minimum atomic E-state index is 0.414. The lowest BCUT2D eigenvalue weighted by atomic mass is 10.0. The zero-order chi connectivity index (χ0) is 7.56. The van der Waals surface area contributed by atoms with Crippen molar-refractivity contribution in [2.45, 2.75) is 32.4 Å². The lowest BCUT2D eigenvalue weighted by Gasteiger charge is -2.15. The Bertz CT molecular complexity index is 105. The molecule has 0 aromatic heterocycles. The highest BCUT2D eigenvalue weighted by atomic mass is 16.5. The standard InChI is InChI=1S/C8H17NO/c1-6-4-8(5-9-6)7(2)10-3/h6-9H,4-5H2,1-3H3. The van der Waals surface area contributed by atoms with Gasteiger partial charge in [-0.05, 0) is 26.2 Å². The van der Waals surface area contributed by atoms with Crippen LogP contribution in [0.3, 0.4) is 0 Å². The van der Waals surface area contributed by atoms with E-state index in [4.69, 9.17) is 4.74 Å². The second kappa shape index (κ2) is 3.35. The Morgan fingerprint density at radius 2 is 2.30 bits per heavy atom. The van der Waals surface area contributed by atoms with Crippen molar-refractivity contribution in [3.63, 3.8) is 0 Å². The summed E-state index contributed by atoms with van der Waals surface area (Å²) in [5.41, 5.74) is 0. The van der Waals surface area contributed by atoms with E-state index in [1.165, 1.54) is 6.42 Å². The van der Waals surface area contributed by atoms with Crippen molar-refractivity contribution in [2.24, 2.45) is 5.92 Å². The van der Waals surface area contributed by atoms with Crippen LogP contribution in [0, 0.1) is 5.92 Å². The zero-order valence-corrected chi connectivity index (χ0v) is 7.05. The molecule has 0 aromatic carbocycles. The number of methoxy groups -OCH3 is 1. The van der Waals surface area contributed by atoms with Crippen molar-refractivity contribution < 1.29 is 4.74 Å². The average Bonchev–Trinajstić information content (AvgIpc) is 2.34. The summed E-state index contributed by atoms with van der Waals surface area (Å²) in [5, 5.41) is 3.40. The van der Waals surface area contributed by atoms with Crippen molar-refractivity contribution in [1.82, 2.24) is 5.32 Å². The Balaban J connectivity index is 2.29. The molecule has 1 rings (SSSR count). The molecule has 0 amide bonds. The number of nitrogens with one attached hydrogen (secondary N) is 1. The van der Waals surface area contributed by atoms with E-state index in [1.54, 1.807) is 7.11 Å². The normalized spacial score (nSPS) is 36.3. The summed E-state index contributed by atoms with van der Waals surface area (Å²) in [6, 6.07) is 0.683. The third-order valence-corrected chi connectivity index (χ3v) is 2.42. The quantitative estimate of drug-likeness (QED) is 0.623. The number of hydrogen-bond donors (Lipinski definition) is 1. The summed E-state index contributed by atoms with van der Waals surface area (Å²) in [6.07, 6.45) is 1.67. The summed E-state index contributed by atoms with van der Waals surface area (Å²) in [5.74, 6) is 0.722. The molecule has 1 fully saturated rings. The largest absolute Gasteiger partial charge is 0.381 e. The molecule has 2 heteroatoms. The van der Waals surface area contributed by atoms with Crippen molar-refractivity contribution in [3.8, 4) is 0 Å². The molecule has 10 heavy (non-hydrogen) atoms.